The number of hydrogen-bond acceptors (Lipinski definition) is 2. The van der Waals surface area contributed by atoms with E-state index in [-0.39, 0.29) is 0 Å². The fourth-order valence-corrected chi connectivity index (χ4v) is 2.98. The van der Waals surface area contributed by atoms with Crippen LogP contribution in [-0.4, -0.2) is 0 Å². The molecule has 0 amide bonds. The van der Waals surface area contributed by atoms with Crippen molar-refractivity contribution in [2.45, 2.75) is 19.5 Å². The first-order valence-corrected chi connectivity index (χ1v) is 6.89. The van der Waals surface area contributed by atoms with Crippen molar-refractivity contribution in [2.75, 3.05) is 0 Å². The van der Waals surface area contributed by atoms with Crippen molar-refractivity contribution in [2.24, 2.45) is 0 Å². The quantitative estimate of drug-likeness (QED) is 0.884. The summed E-state index contributed by atoms with van der Waals surface area (Å²) in [7, 11) is 0. The molecule has 0 spiro atoms. The van der Waals surface area contributed by atoms with Gasteiger partial charge in [0.1, 0.15) is 0 Å². The van der Waals surface area contributed by atoms with Crippen LogP contribution in [-0.2, 0) is 6.54 Å². The fraction of sp³-hybridized carbons (Fsp3) is 0.231. The summed E-state index contributed by atoms with van der Waals surface area (Å²) >= 11 is 5.27. The first-order chi connectivity index (χ1) is 7.75. The molecule has 0 saturated heterocycles. The Balaban J connectivity index is 1.91. The smallest absolute Gasteiger partial charge is 0.0701 e. The van der Waals surface area contributed by atoms with Gasteiger partial charge in [0.15, 0.2) is 0 Å². The standard InChI is InChI=1S/C13H14BrNS/c1-10(12-7-8-13(14)16-12)15-9-11-5-3-2-4-6-11/h2-8,10,15H,9H2,1H3/t10-/m1/s1. The van der Waals surface area contributed by atoms with E-state index in [1.807, 2.05) is 6.07 Å². The van der Waals surface area contributed by atoms with E-state index in [1.165, 1.54) is 14.2 Å². The Morgan fingerprint density at radius 2 is 1.94 bits per heavy atom. The summed E-state index contributed by atoms with van der Waals surface area (Å²) in [5.41, 5.74) is 1.32. The molecule has 0 saturated carbocycles. The number of nitrogens with one attached hydrogen (secondary N) is 1. The number of halogens is 1. The van der Waals surface area contributed by atoms with Crippen LogP contribution in [0, 0.1) is 0 Å². The molecule has 0 aliphatic heterocycles. The van der Waals surface area contributed by atoms with Crippen molar-refractivity contribution in [3.05, 3.63) is 56.7 Å². The van der Waals surface area contributed by atoms with Gasteiger partial charge >= 0.3 is 0 Å². The molecular weight excluding hydrogens is 282 g/mol. The van der Waals surface area contributed by atoms with Gasteiger partial charge in [0.05, 0.1) is 3.79 Å². The lowest BCUT2D eigenvalue weighted by Gasteiger charge is -2.11. The van der Waals surface area contributed by atoms with Crippen molar-refractivity contribution in [1.29, 1.82) is 0 Å². The number of thiophene rings is 1. The van der Waals surface area contributed by atoms with E-state index in [1.54, 1.807) is 11.3 Å². The van der Waals surface area contributed by atoms with Gasteiger partial charge in [-0.2, -0.15) is 0 Å². The molecule has 1 aromatic heterocycles. The van der Waals surface area contributed by atoms with Gasteiger partial charge in [-0.25, -0.2) is 0 Å². The summed E-state index contributed by atoms with van der Waals surface area (Å²) < 4.78 is 1.19. The van der Waals surface area contributed by atoms with E-state index in [4.69, 9.17) is 0 Å². The lowest BCUT2D eigenvalue weighted by Crippen LogP contribution is -2.16. The van der Waals surface area contributed by atoms with Crippen LogP contribution < -0.4 is 5.32 Å². The number of benzene rings is 1. The monoisotopic (exact) mass is 295 g/mol. The van der Waals surface area contributed by atoms with E-state index in [0.29, 0.717) is 6.04 Å². The Hall–Kier alpha value is -0.640. The van der Waals surface area contributed by atoms with Crippen LogP contribution in [0.25, 0.3) is 0 Å². The maximum atomic E-state index is 3.52. The lowest BCUT2D eigenvalue weighted by molar-refractivity contribution is 0.583. The van der Waals surface area contributed by atoms with Crippen LogP contribution in [0.4, 0.5) is 0 Å². The Morgan fingerprint density at radius 1 is 1.19 bits per heavy atom. The second kappa shape index (κ2) is 5.62. The molecule has 0 aliphatic carbocycles. The molecule has 1 aromatic carbocycles. The van der Waals surface area contributed by atoms with E-state index in [9.17, 15) is 0 Å². The third kappa shape index (κ3) is 3.17. The van der Waals surface area contributed by atoms with Gasteiger partial charge in [0.2, 0.25) is 0 Å². The van der Waals surface area contributed by atoms with Gasteiger partial charge in [-0.15, -0.1) is 11.3 Å². The van der Waals surface area contributed by atoms with E-state index < -0.39 is 0 Å². The summed E-state index contributed by atoms with van der Waals surface area (Å²) in [4.78, 5) is 1.36. The maximum Gasteiger partial charge on any atom is 0.0701 e. The molecule has 0 aliphatic rings. The molecule has 0 bridgehead atoms. The molecule has 2 rings (SSSR count). The largest absolute Gasteiger partial charge is 0.305 e. The molecular formula is C13H14BrNS. The van der Waals surface area contributed by atoms with E-state index in [0.717, 1.165) is 6.54 Å². The zero-order valence-corrected chi connectivity index (χ0v) is 11.5. The highest BCUT2D eigenvalue weighted by atomic mass is 79.9. The van der Waals surface area contributed by atoms with Gasteiger partial charge in [0.25, 0.3) is 0 Å². The van der Waals surface area contributed by atoms with Crippen molar-refractivity contribution in [1.82, 2.24) is 5.32 Å². The fourth-order valence-electron chi connectivity index (χ4n) is 1.53. The number of hydrogen-bond donors (Lipinski definition) is 1. The van der Waals surface area contributed by atoms with Crippen LogP contribution >= 0.6 is 27.3 Å². The average Bonchev–Trinajstić information content (AvgIpc) is 2.74. The van der Waals surface area contributed by atoms with Gasteiger partial charge in [-0.3, -0.25) is 0 Å². The summed E-state index contributed by atoms with van der Waals surface area (Å²) in [6, 6.07) is 15.1. The molecule has 1 heterocycles. The summed E-state index contributed by atoms with van der Waals surface area (Å²) in [6.45, 7) is 3.11. The van der Waals surface area contributed by atoms with Gasteiger partial charge < -0.3 is 5.32 Å². The van der Waals surface area contributed by atoms with Crippen LogP contribution in [0.1, 0.15) is 23.4 Å². The molecule has 1 nitrogen and oxygen atoms in total. The predicted molar refractivity (Wildman–Crippen MR) is 73.7 cm³/mol. The SMILES string of the molecule is C[C@@H](NCc1ccccc1)c1ccc(Br)s1. The molecule has 2 aromatic rings. The third-order valence-electron chi connectivity index (χ3n) is 2.48. The van der Waals surface area contributed by atoms with Crippen LogP contribution in [0.3, 0.4) is 0 Å². The zero-order valence-electron chi connectivity index (χ0n) is 9.11. The number of rotatable bonds is 4. The molecule has 16 heavy (non-hydrogen) atoms. The Morgan fingerprint density at radius 3 is 2.56 bits per heavy atom. The van der Waals surface area contributed by atoms with E-state index >= 15 is 0 Å². The topological polar surface area (TPSA) is 12.0 Å². The van der Waals surface area contributed by atoms with Gasteiger partial charge in [0, 0.05) is 17.5 Å². The second-order valence-corrected chi connectivity index (χ2v) is 6.22. The highest BCUT2D eigenvalue weighted by molar-refractivity contribution is 9.11. The van der Waals surface area contributed by atoms with E-state index in [2.05, 4.69) is 64.6 Å². The van der Waals surface area contributed by atoms with Crippen molar-refractivity contribution >= 4 is 27.3 Å². The Kier molecular flexibility index (Phi) is 4.16. The summed E-state index contributed by atoms with van der Waals surface area (Å²) in [6.07, 6.45) is 0. The van der Waals surface area contributed by atoms with Crippen molar-refractivity contribution in [3.8, 4) is 0 Å². The van der Waals surface area contributed by atoms with Crippen molar-refractivity contribution in [3.63, 3.8) is 0 Å². The van der Waals surface area contributed by atoms with Crippen LogP contribution in [0.2, 0.25) is 0 Å². The molecule has 3 heteroatoms. The van der Waals surface area contributed by atoms with Gasteiger partial charge in [-0.1, -0.05) is 30.3 Å². The minimum absolute atomic E-state index is 0.400. The normalized spacial score (nSPS) is 12.6. The van der Waals surface area contributed by atoms with Crippen LogP contribution in [0.5, 0.6) is 0 Å². The first kappa shape index (κ1) is 11.8. The highest BCUT2D eigenvalue weighted by Gasteiger charge is 2.06. The van der Waals surface area contributed by atoms with Crippen molar-refractivity contribution < 1.29 is 0 Å². The highest BCUT2D eigenvalue weighted by Crippen LogP contribution is 2.27. The molecule has 84 valence electrons. The van der Waals surface area contributed by atoms with Crippen LogP contribution in [0.15, 0.2) is 46.3 Å². The second-order valence-electron chi connectivity index (χ2n) is 3.73. The minimum Gasteiger partial charge on any atom is -0.305 e. The molecule has 0 radical (unpaired) electrons. The zero-order chi connectivity index (χ0) is 11.4. The summed E-state index contributed by atoms with van der Waals surface area (Å²) in [5, 5.41) is 3.52. The minimum atomic E-state index is 0.400. The maximum absolute atomic E-state index is 3.52. The Bertz CT molecular complexity index is 438. The molecule has 1 atom stereocenters. The predicted octanol–water partition coefficient (Wildman–Crippen LogP) is 4.36. The average molecular weight is 296 g/mol. The molecule has 0 unspecified atom stereocenters. The Labute approximate surface area is 109 Å². The summed E-state index contributed by atoms with van der Waals surface area (Å²) in [5.74, 6) is 0. The molecule has 0 fully saturated rings. The third-order valence-corrected chi connectivity index (χ3v) is 4.28. The van der Waals surface area contributed by atoms with Gasteiger partial charge in [-0.05, 0) is 40.5 Å². The first-order valence-electron chi connectivity index (χ1n) is 5.28. The molecule has 1 N–H and O–H groups in total. The lowest BCUT2D eigenvalue weighted by atomic mass is 10.2.